The summed E-state index contributed by atoms with van der Waals surface area (Å²) in [6.07, 6.45) is 4.94. The van der Waals surface area contributed by atoms with E-state index in [1.165, 1.54) is 32.2 Å². The zero-order valence-corrected chi connectivity index (χ0v) is 19.3. The smallest absolute Gasteiger partial charge is 0.188 e. The number of halogens is 1. The molecule has 0 saturated carbocycles. The summed E-state index contributed by atoms with van der Waals surface area (Å²) in [5.41, 5.74) is 6.18. The first-order chi connectivity index (χ1) is 12.2. The molecule has 0 radical (unpaired) electrons. The number of likely N-dealkylation sites (tertiary alicyclic amines) is 1. The van der Waals surface area contributed by atoms with Crippen molar-refractivity contribution in [3.63, 3.8) is 0 Å². The summed E-state index contributed by atoms with van der Waals surface area (Å²) in [5.74, 6) is 1.27. The maximum absolute atomic E-state index is 6.18. The highest BCUT2D eigenvalue weighted by molar-refractivity contribution is 14.0. The number of morpholine rings is 1. The quantitative estimate of drug-likeness (QED) is 0.300. The van der Waals surface area contributed by atoms with Crippen LogP contribution in [0.4, 0.5) is 0 Å². The average Bonchev–Trinajstić information content (AvgIpc) is 3.11. The molecule has 2 fully saturated rings. The van der Waals surface area contributed by atoms with Crippen molar-refractivity contribution >= 4 is 29.9 Å². The van der Waals surface area contributed by atoms with Gasteiger partial charge >= 0.3 is 0 Å². The summed E-state index contributed by atoms with van der Waals surface area (Å²) in [6.45, 7) is 14.5. The van der Waals surface area contributed by atoms with E-state index in [4.69, 9.17) is 15.5 Å². The molecule has 3 N–H and O–H groups in total. The molecule has 2 atom stereocenters. The van der Waals surface area contributed by atoms with Gasteiger partial charge in [0.25, 0.3) is 0 Å². The van der Waals surface area contributed by atoms with E-state index in [0.29, 0.717) is 24.0 Å². The number of aliphatic imine (C=N–C) groups is 1. The molecule has 154 valence electrons. The van der Waals surface area contributed by atoms with Crippen molar-refractivity contribution in [2.24, 2.45) is 16.6 Å². The number of rotatable bonds is 9. The van der Waals surface area contributed by atoms with E-state index in [2.05, 4.69) is 35.9 Å². The summed E-state index contributed by atoms with van der Waals surface area (Å²) in [5, 5.41) is 3.37. The van der Waals surface area contributed by atoms with Gasteiger partial charge in [0.1, 0.15) is 0 Å². The fourth-order valence-corrected chi connectivity index (χ4v) is 4.32. The second-order valence-corrected chi connectivity index (χ2v) is 7.32. The third-order valence-electron chi connectivity index (χ3n) is 5.98. The third kappa shape index (κ3) is 7.13. The number of hydrogen-bond acceptors (Lipinski definition) is 4. The summed E-state index contributed by atoms with van der Waals surface area (Å²) >= 11 is 0. The summed E-state index contributed by atoms with van der Waals surface area (Å²) in [4.78, 5) is 9.79. The van der Waals surface area contributed by atoms with Crippen molar-refractivity contribution in [3.8, 4) is 0 Å². The highest BCUT2D eigenvalue weighted by Crippen LogP contribution is 2.20. The Morgan fingerprint density at radius 3 is 2.50 bits per heavy atom. The maximum Gasteiger partial charge on any atom is 0.188 e. The lowest BCUT2D eigenvalue weighted by molar-refractivity contribution is 0.00396. The molecule has 2 rings (SSSR count). The number of ether oxygens (including phenoxy) is 1. The predicted octanol–water partition coefficient (Wildman–Crippen LogP) is 2.13. The first-order valence-corrected chi connectivity index (χ1v) is 10.3. The van der Waals surface area contributed by atoms with Gasteiger partial charge in [0.2, 0.25) is 0 Å². The van der Waals surface area contributed by atoms with E-state index >= 15 is 0 Å². The third-order valence-corrected chi connectivity index (χ3v) is 5.98. The van der Waals surface area contributed by atoms with Crippen LogP contribution in [-0.4, -0.2) is 80.3 Å². The van der Waals surface area contributed by atoms with E-state index in [9.17, 15) is 0 Å². The fourth-order valence-electron chi connectivity index (χ4n) is 4.32. The summed E-state index contributed by atoms with van der Waals surface area (Å²) in [7, 11) is 0. The van der Waals surface area contributed by atoms with E-state index in [-0.39, 0.29) is 24.0 Å². The molecule has 0 aromatic heterocycles. The van der Waals surface area contributed by atoms with Gasteiger partial charge in [-0.1, -0.05) is 33.6 Å². The Labute approximate surface area is 177 Å². The molecular weight excluding hydrogens is 441 g/mol. The van der Waals surface area contributed by atoms with Crippen LogP contribution in [0.2, 0.25) is 0 Å². The van der Waals surface area contributed by atoms with Crippen LogP contribution < -0.4 is 11.1 Å². The van der Waals surface area contributed by atoms with Gasteiger partial charge in [-0.3, -0.25) is 14.8 Å². The zero-order valence-electron chi connectivity index (χ0n) is 17.0. The highest BCUT2D eigenvalue weighted by atomic mass is 127. The van der Waals surface area contributed by atoms with Crippen LogP contribution in [-0.2, 0) is 4.74 Å². The molecule has 0 aliphatic carbocycles. The second kappa shape index (κ2) is 13.1. The van der Waals surface area contributed by atoms with Crippen LogP contribution in [0.5, 0.6) is 0 Å². The summed E-state index contributed by atoms with van der Waals surface area (Å²) in [6, 6.07) is 1.07. The minimum atomic E-state index is 0. The molecule has 26 heavy (non-hydrogen) atoms. The van der Waals surface area contributed by atoms with Crippen molar-refractivity contribution in [2.45, 2.75) is 58.5 Å². The van der Waals surface area contributed by atoms with E-state index in [1.54, 1.807) is 0 Å². The molecule has 2 heterocycles. The Hall–Kier alpha value is -0.120. The van der Waals surface area contributed by atoms with Crippen molar-refractivity contribution in [3.05, 3.63) is 0 Å². The Balaban J connectivity index is 0.00000338. The number of likely N-dealkylation sites (N-methyl/N-ethyl adjacent to an activating group) is 1. The van der Waals surface area contributed by atoms with Gasteiger partial charge in [0.15, 0.2) is 5.96 Å². The van der Waals surface area contributed by atoms with Gasteiger partial charge in [0.05, 0.1) is 19.8 Å². The lowest BCUT2D eigenvalue weighted by Gasteiger charge is -2.38. The number of nitrogens with zero attached hydrogens (tertiary/aromatic N) is 3. The first-order valence-electron chi connectivity index (χ1n) is 10.3. The van der Waals surface area contributed by atoms with Crippen LogP contribution in [0.3, 0.4) is 0 Å². The van der Waals surface area contributed by atoms with Crippen LogP contribution in [0.15, 0.2) is 4.99 Å². The van der Waals surface area contributed by atoms with E-state index < -0.39 is 0 Å². The monoisotopic (exact) mass is 481 g/mol. The van der Waals surface area contributed by atoms with Gasteiger partial charge in [-0.05, 0) is 31.8 Å². The predicted molar refractivity (Wildman–Crippen MR) is 120 cm³/mol. The SMILES string of the molecule is CCC(CC)C(CN=C(N)NCC1CCCN1CC)N1CCOCC1.I. The summed E-state index contributed by atoms with van der Waals surface area (Å²) < 4.78 is 5.52. The van der Waals surface area contributed by atoms with Crippen molar-refractivity contribution in [1.82, 2.24) is 15.1 Å². The molecule has 6 nitrogen and oxygen atoms in total. The highest BCUT2D eigenvalue weighted by Gasteiger charge is 2.27. The lowest BCUT2D eigenvalue weighted by atomic mass is 9.92. The number of guanidine groups is 1. The van der Waals surface area contributed by atoms with Crippen LogP contribution in [0.25, 0.3) is 0 Å². The van der Waals surface area contributed by atoms with Gasteiger partial charge in [-0.25, -0.2) is 0 Å². The second-order valence-electron chi connectivity index (χ2n) is 7.32. The molecule has 0 aromatic carbocycles. The Morgan fingerprint density at radius 1 is 1.19 bits per heavy atom. The van der Waals surface area contributed by atoms with Gasteiger partial charge in [-0.2, -0.15) is 0 Å². The van der Waals surface area contributed by atoms with Crippen LogP contribution in [0, 0.1) is 5.92 Å². The average molecular weight is 481 g/mol. The Morgan fingerprint density at radius 2 is 1.88 bits per heavy atom. The fraction of sp³-hybridized carbons (Fsp3) is 0.947. The van der Waals surface area contributed by atoms with Crippen molar-refractivity contribution < 1.29 is 4.74 Å². The van der Waals surface area contributed by atoms with Gasteiger partial charge in [-0.15, -0.1) is 24.0 Å². The molecule has 2 aliphatic rings. The molecule has 0 aromatic rings. The zero-order chi connectivity index (χ0) is 18.1. The molecule has 7 heteroatoms. The van der Waals surface area contributed by atoms with Crippen LogP contribution >= 0.6 is 24.0 Å². The largest absolute Gasteiger partial charge is 0.379 e. The topological polar surface area (TPSA) is 66.1 Å². The van der Waals surface area contributed by atoms with Gasteiger partial charge < -0.3 is 15.8 Å². The molecule has 0 bridgehead atoms. The standard InChI is InChI=1S/C19H39N5O.HI/c1-4-16(5-2)18(24-10-12-25-13-11-24)15-22-19(20)21-14-17-8-7-9-23(17)6-3;/h16-18H,4-15H2,1-3H3,(H3,20,21,22);1H. The Bertz CT molecular complexity index is 399. The molecule has 0 spiro atoms. The molecule has 2 aliphatic heterocycles. The molecule has 0 amide bonds. The van der Waals surface area contributed by atoms with Crippen molar-refractivity contribution in [2.75, 3.05) is 52.5 Å². The van der Waals surface area contributed by atoms with Crippen molar-refractivity contribution in [1.29, 1.82) is 0 Å². The van der Waals surface area contributed by atoms with E-state index in [0.717, 1.165) is 45.9 Å². The number of nitrogens with one attached hydrogen (secondary N) is 1. The Kier molecular flexibility index (Phi) is 12.1. The van der Waals surface area contributed by atoms with Gasteiger partial charge in [0, 0.05) is 31.7 Å². The van der Waals surface area contributed by atoms with E-state index in [1.807, 2.05) is 0 Å². The maximum atomic E-state index is 6.18. The molecule has 2 unspecified atom stereocenters. The minimum Gasteiger partial charge on any atom is -0.379 e. The van der Waals surface area contributed by atoms with Crippen LogP contribution in [0.1, 0.15) is 46.5 Å². The molecular formula is C19H40IN5O. The number of nitrogens with two attached hydrogens (primary N) is 1. The lowest BCUT2D eigenvalue weighted by Crippen LogP contribution is -2.49. The molecule has 2 saturated heterocycles. The minimum absolute atomic E-state index is 0. The number of hydrogen-bond donors (Lipinski definition) is 2. The normalized spacial score (nSPS) is 23.8. The first kappa shape index (κ1) is 23.9.